The number of benzene rings is 1. The van der Waals surface area contributed by atoms with Gasteiger partial charge in [0.1, 0.15) is 0 Å². The number of rotatable bonds is 2. The third-order valence-corrected chi connectivity index (χ3v) is 7.89. The van der Waals surface area contributed by atoms with Gasteiger partial charge in [-0.2, -0.15) is 34.8 Å². The minimum atomic E-state index is -5.14. The molecule has 2 aliphatic rings. The van der Waals surface area contributed by atoms with Gasteiger partial charge in [0.15, 0.2) is 5.79 Å². The zero-order valence-electron chi connectivity index (χ0n) is 13.4. The average molecular weight is 437 g/mol. The zero-order valence-corrected chi connectivity index (χ0v) is 15.1. The van der Waals surface area contributed by atoms with Crippen LogP contribution in [-0.2, 0) is 42.5 Å². The topological polar surface area (TPSA) is 65.0 Å². The zero-order chi connectivity index (χ0) is 20.1. The number of halogens is 6. The highest BCUT2D eigenvalue weighted by Gasteiger charge is 2.43. The van der Waals surface area contributed by atoms with E-state index >= 15 is 0 Å². The predicted molar refractivity (Wildman–Crippen MR) is 82.4 cm³/mol. The van der Waals surface area contributed by atoms with E-state index in [2.05, 4.69) is 3.77 Å². The summed E-state index contributed by atoms with van der Waals surface area (Å²) in [5, 5.41) is 0. The second-order valence-electron chi connectivity index (χ2n) is 5.96. The van der Waals surface area contributed by atoms with Crippen molar-refractivity contribution in [2.24, 2.45) is 3.77 Å². The third-order valence-electron chi connectivity index (χ3n) is 3.98. The summed E-state index contributed by atoms with van der Waals surface area (Å²) in [4.78, 5) is -1.15. The highest BCUT2D eigenvalue weighted by molar-refractivity contribution is 8.00. The van der Waals surface area contributed by atoms with Gasteiger partial charge in [0.2, 0.25) is 0 Å². The van der Waals surface area contributed by atoms with Gasteiger partial charge in [0.05, 0.1) is 35.0 Å². The lowest BCUT2D eigenvalue weighted by molar-refractivity contribution is -0.143. The molecule has 27 heavy (non-hydrogen) atoms. The summed E-state index contributed by atoms with van der Waals surface area (Å²) in [6.07, 6.45) is -9.93. The van der Waals surface area contributed by atoms with Crippen LogP contribution in [0, 0.1) is 0 Å². The van der Waals surface area contributed by atoms with E-state index in [0.717, 1.165) is 0 Å². The second kappa shape index (κ2) is 6.71. The van der Waals surface area contributed by atoms with E-state index in [1.165, 1.54) is 0 Å². The van der Waals surface area contributed by atoms with Gasteiger partial charge in [-0.1, -0.05) is 10.7 Å². The van der Waals surface area contributed by atoms with E-state index in [0.29, 0.717) is 19.6 Å². The van der Waals surface area contributed by atoms with Gasteiger partial charge in [0, 0.05) is 12.2 Å². The van der Waals surface area contributed by atoms with Crippen LogP contribution in [0.4, 0.5) is 26.3 Å². The van der Waals surface area contributed by atoms with Crippen molar-refractivity contribution in [3.05, 3.63) is 29.3 Å². The molecule has 0 aliphatic carbocycles. The van der Waals surface area contributed by atoms with E-state index in [-0.39, 0.29) is 29.7 Å². The number of hydrogen-bond acceptors (Lipinski definition) is 4. The van der Waals surface area contributed by atoms with Crippen molar-refractivity contribution in [3.8, 4) is 0 Å². The lowest BCUT2D eigenvalue weighted by Crippen LogP contribution is -2.30. The molecule has 152 valence electrons. The van der Waals surface area contributed by atoms with Gasteiger partial charge >= 0.3 is 12.4 Å². The normalized spacial score (nSPS) is 23.4. The van der Waals surface area contributed by atoms with E-state index in [4.69, 9.17) is 9.47 Å². The van der Waals surface area contributed by atoms with E-state index in [9.17, 15) is 34.8 Å². The Morgan fingerprint density at radius 3 is 1.96 bits per heavy atom. The standard InChI is InChI=1S/C14H13F6NO4S2/c15-13(16,17)9-5-10(14(18,19)20)7-11(6-9)27(22,23)21-26-4-1-12(8-26)24-2-3-25-12/h5-7H,1-4,8H2/t26-/m0/s1. The fourth-order valence-electron chi connectivity index (χ4n) is 2.72. The molecule has 1 aromatic carbocycles. The molecule has 0 radical (unpaired) electrons. The largest absolute Gasteiger partial charge is 0.416 e. The number of alkyl halides is 6. The van der Waals surface area contributed by atoms with Gasteiger partial charge in [-0.05, 0) is 18.2 Å². The van der Waals surface area contributed by atoms with Crippen LogP contribution in [0.1, 0.15) is 17.5 Å². The van der Waals surface area contributed by atoms with E-state index in [1.54, 1.807) is 0 Å². The minimum absolute atomic E-state index is 0.0946. The minimum Gasteiger partial charge on any atom is -0.347 e. The van der Waals surface area contributed by atoms with Crippen molar-refractivity contribution in [3.63, 3.8) is 0 Å². The summed E-state index contributed by atoms with van der Waals surface area (Å²) in [6.45, 7) is 0.652. The molecule has 3 rings (SSSR count). The molecule has 5 nitrogen and oxygen atoms in total. The summed E-state index contributed by atoms with van der Waals surface area (Å²) < 4.78 is 117. The molecule has 1 aromatic rings. The van der Waals surface area contributed by atoms with Gasteiger partial charge in [-0.25, -0.2) is 0 Å². The Labute approximate surface area is 152 Å². The van der Waals surface area contributed by atoms with Crippen LogP contribution in [0.3, 0.4) is 0 Å². The molecule has 2 aliphatic heterocycles. The molecule has 2 heterocycles. The van der Waals surface area contributed by atoms with Gasteiger partial charge in [0.25, 0.3) is 10.0 Å². The fraction of sp³-hybridized carbons (Fsp3) is 0.571. The molecular weight excluding hydrogens is 424 g/mol. The number of nitrogens with zero attached hydrogens (tertiary/aromatic N) is 1. The van der Waals surface area contributed by atoms with Crippen molar-refractivity contribution >= 4 is 20.7 Å². The van der Waals surface area contributed by atoms with Crippen LogP contribution in [0.2, 0.25) is 0 Å². The van der Waals surface area contributed by atoms with Crippen molar-refractivity contribution in [1.82, 2.24) is 0 Å². The Morgan fingerprint density at radius 1 is 0.963 bits per heavy atom. The predicted octanol–water partition coefficient (Wildman–Crippen LogP) is 3.36. The summed E-state index contributed by atoms with van der Waals surface area (Å²) in [7, 11) is -5.89. The molecule has 13 heteroatoms. The first-order chi connectivity index (χ1) is 12.3. The maximum Gasteiger partial charge on any atom is 0.416 e. The SMILES string of the molecule is O=S(=O)(N=[S@]1CCC2(C1)OCCO2)c1cc(C(F)(F)F)cc(C(F)(F)F)c1. The molecule has 1 spiro atoms. The van der Waals surface area contributed by atoms with Crippen LogP contribution in [0.25, 0.3) is 0 Å². The number of hydrogen-bond donors (Lipinski definition) is 0. The maximum atomic E-state index is 12.9. The maximum absolute atomic E-state index is 12.9. The van der Waals surface area contributed by atoms with Gasteiger partial charge in [-0.3, -0.25) is 0 Å². The Kier molecular flexibility index (Phi) is 5.11. The molecule has 2 fully saturated rings. The summed E-state index contributed by atoms with van der Waals surface area (Å²) >= 11 is 0. The summed E-state index contributed by atoms with van der Waals surface area (Å²) in [5.74, 6) is -0.616. The van der Waals surface area contributed by atoms with Crippen LogP contribution >= 0.6 is 0 Å². The first kappa shape index (κ1) is 20.6. The fourth-order valence-corrected chi connectivity index (χ4v) is 6.74. The molecule has 0 N–H and O–H groups in total. The molecule has 0 aromatic heterocycles. The van der Waals surface area contributed by atoms with Gasteiger partial charge in [-0.15, -0.1) is 3.77 Å². The molecule has 0 saturated carbocycles. The van der Waals surface area contributed by atoms with Crippen molar-refractivity contribution < 1.29 is 44.2 Å². The van der Waals surface area contributed by atoms with Crippen LogP contribution in [0.15, 0.2) is 26.9 Å². The Balaban J connectivity index is 2.00. The monoisotopic (exact) mass is 437 g/mol. The molecule has 0 amide bonds. The Hall–Kier alpha value is -1.18. The quantitative estimate of drug-likeness (QED) is 0.666. The van der Waals surface area contributed by atoms with Crippen molar-refractivity contribution in [2.75, 3.05) is 24.7 Å². The van der Waals surface area contributed by atoms with E-state index < -0.39 is 54.9 Å². The highest BCUT2D eigenvalue weighted by atomic mass is 32.3. The lowest BCUT2D eigenvalue weighted by Gasteiger charge is -2.19. The first-order valence-electron chi connectivity index (χ1n) is 7.54. The Morgan fingerprint density at radius 2 is 1.48 bits per heavy atom. The average Bonchev–Trinajstić information content (AvgIpc) is 3.15. The van der Waals surface area contributed by atoms with Crippen LogP contribution in [-0.4, -0.2) is 38.9 Å². The summed E-state index contributed by atoms with van der Waals surface area (Å²) in [6, 6.07) is 0.184. The number of ether oxygens (including phenoxy) is 2. The summed E-state index contributed by atoms with van der Waals surface area (Å²) in [5.41, 5.74) is -3.42. The Bertz CT molecular complexity index is 840. The molecule has 0 bridgehead atoms. The van der Waals surface area contributed by atoms with Gasteiger partial charge < -0.3 is 9.47 Å². The lowest BCUT2D eigenvalue weighted by atomic mass is 10.1. The smallest absolute Gasteiger partial charge is 0.347 e. The highest BCUT2D eigenvalue weighted by Crippen LogP contribution is 2.38. The van der Waals surface area contributed by atoms with Crippen LogP contribution in [0.5, 0.6) is 0 Å². The molecule has 2 saturated heterocycles. The first-order valence-corrected chi connectivity index (χ1v) is 10.5. The second-order valence-corrected chi connectivity index (χ2v) is 9.60. The third kappa shape index (κ3) is 4.46. The van der Waals surface area contributed by atoms with Crippen LogP contribution < -0.4 is 0 Å². The molecular formula is C14H13F6NO4S2. The van der Waals surface area contributed by atoms with Crippen molar-refractivity contribution in [1.29, 1.82) is 0 Å². The molecule has 0 unspecified atom stereocenters. The van der Waals surface area contributed by atoms with Crippen molar-refractivity contribution in [2.45, 2.75) is 29.5 Å². The van der Waals surface area contributed by atoms with E-state index in [1.807, 2.05) is 0 Å². The number of sulfonamides is 1. The molecule has 1 atom stereocenters.